The summed E-state index contributed by atoms with van der Waals surface area (Å²) in [5.74, 6) is 1.62. The van der Waals surface area contributed by atoms with Gasteiger partial charge in [0, 0.05) is 5.70 Å². The zero-order valence-electron chi connectivity index (χ0n) is 19.4. The number of urea groups is 1. The van der Waals surface area contributed by atoms with Crippen LogP contribution in [0, 0.1) is 0 Å². The molecular weight excluding hydrogens is 460 g/mol. The number of allylic oxidation sites excluding steroid dienone is 1. The van der Waals surface area contributed by atoms with E-state index in [2.05, 4.69) is 22.6 Å². The van der Waals surface area contributed by atoms with Crippen LogP contribution in [0.3, 0.4) is 0 Å². The van der Waals surface area contributed by atoms with Gasteiger partial charge in [-0.1, -0.05) is 29.4 Å². The average Bonchev–Trinajstić information content (AvgIpc) is 3.65. The highest BCUT2D eigenvalue weighted by atomic mass is 32.1. The predicted molar refractivity (Wildman–Crippen MR) is 135 cm³/mol. The molecule has 2 amide bonds. The Bertz CT molecular complexity index is 1440. The van der Waals surface area contributed by atoms with Crippen molar-refractivity contribution in [3.8, 4) is 16.5 Å². The number of carbonyl (C=O) groups excluding carboxylic acids is 1. The minimum atomic E-state index is -0.472. The Balaban J connectivity index is 1.50. The molecule has 3 heterocycles. The number of hydrogen-bond acceptors (Lipinski definition) is 6. The van der Waals surface area contributed by atoms with Crippen LogP contribution in [0.25, 0.3) is 16.3 Å². The fraction of sp³-hybridized carbons (Fsp3) is 0.222. The van der Waals surface area contributed by atoms with Crippen LogP contribution >= 0.6 is 11.3 Å². The molecule has 1 aliphatic carbocycles. The summed E-state index contributed by atoms with van der Waals surface area (Å²) < 4.78 is 11.2. The van der Waals surface area contributed by atoms with Crippen LogP contribution in [0.5, 0.6) is 5.75 Å². The fourth-order valence-electron chi connectivity index (χ4n) is 4.94. The molecule has 0 radical (unpaired) electrons. The van der Waals surface area contributed by atoms with Gasteiger partial charge in [0.15, 0.2) is 0 Å². The summed E-state index contributed by atoms with van der Waals surface area (Å²) in [6.45, 7) is 1.93. The zero-order chi connectivity index (χ0) is 23.9. The molecule has 6 rings (SSSR count). The Morgan fingerprint density at radius 1 is 1.11 bits per heavy atom. The van der Waals surface area contributed by atoms with Crippen molar-refractivity contribution >= 4 is 28.6 Å². The van der Waals surface area contributed by atoms with Gasteiger partial charge in [-0.2, -0.15) is 4.98 Å². The van der Waals surface area contributed by atoms with Gasteiger partial charge in [0.1, 0.15) is 5.75 Å². The third kappa shape index (κ3) is 3.80. The van der Waals surface area contributed by atoms with Crippen molar-refractivity contribution in [3.05, 3.63) is 88.3 Å². The van der Waals surface area contributed by atoms with Gasteiger partial charge < -0.3 is 14.6 Å². The molecule has 1 N–H and O–H groups in total. The monoisotopic (exact) mass is 484 g/mol. The molecule has 0 fully saturated rings. The molecule has 4 aromatic rings. The highest BCUT2D eigenvalue weighted by Crippen LogP contribution is 2.40. The van der Waals surface area contributed by atoms with E-state index in [0.29, 0.717) is 17.5 Å². The summed E-state index contributed by atoms with van der Waals surface area (Å²) >= 11 is 1.55. The molecule has 7 nitrogen and oxygen atoms in total. The number of aryl methyl sites for hydroxylation is 2. The lowest BCUT2D eigenvalue weighted by atomic mass is 9.94. The first kappa shape index (κ1) is 21.6. The van der Waals surface area contributed by atoms with E-state index in [9.17, 15) is 4.79 Å². The van der Waals surface area contributed by atoms with E-state index in [1.807, 2.05) is 54.8 Å². The quantitative estimate of drug-likeness (QED) is 0.376. The number of methoxy groups -OCH3 is 1. The summed E-state index contributed by atoms with van der Waals surface area (Å²) in [5.41, 5.74) is 5.88. The normalized spacial score (nSPS) is 17.5. The first-order chi connectivity index (χ1) is 17.1. The molecule has 1 aliphatic heterocycles. The van der Waals surface area contributed by atoms with Crippen LogP contribution in [0.2, 0.25) is 0 Å². The second-order valence-electron chi connectivity index (χ2n) is 8.70. The van der Waals surface area contributed by atoms with Crippen molar-refractivity contribution in [2.45, 2.75) is 32.2 Å². The fourth-order valence-corrected chi connectivity index (χ4v) is 5.59. The molecule has 2 aromatic heterocycles. The van der Waals surface area contributed by atoms with E-state index in [0.717, 1.165) is 46.7 Å². The van der Waals surface area contributed by atoms with Gasteiger partial charge in [0.2, 0.25) is 5.82 Å². The van der Waals surface area contributed by atoms with Gasteiger partial charge in [0.05, 0.1) is 29.3 Å². The van der Waals surface area contributed by atoms with Gasteiger partial charge in [0.25, 0.3) is 5.89 Å². The van der Waals surface area contributed by atoms with Gasteiger partial charge >= 0.3 is 6.03 Å². The third-order valence-electron chi connectivity index (χ3n) is 6.65. The van der Waals surface area contributed by atoms with Crippen molar-refractivity contribution in [2.75, 3.05) is 12.0 Å². The third-order valence-corrected chi connectivity index (χ3v) is 7.52. The number of anilines is 1. The summed E-state index contributed by atoms with van der Waals surface area (Å²) in [6.07, 6.45) is 3.28. The molecule has 0 saturated carbocycles. The van der Waals surface area contributed by atoms with E-state index in [4.69, 9.17) is 14.2 Å². The molecule has 176 valence electrons. The Morgan fingerprint density at radius 3 is 2.83 bits per heavy atom. The number of nitrogens with one attached hydrogen (secondary N) is 1. The van der Waals surface area contributed by atoms with Gasteiger partial charge in [-0.15, -0.1) is 11.3 Å². The summed E-state index contributed by atoms with van der Waals surface area (Å²) in [4.78, 5) is 20.8. The zero-order valence-corrected chi connectivity index (χ0v) is 20.3. The number of fused-ring (bicyclic) bond motifs is 1. The summed E-state index contributed by atoms with van der Waals surface area (Å²) in [6, 6.07) is 17.2. The molecule has 0 spiro atoms. The van der Waals surface area contributed by atoms with Gasteiger partial charge in [-0.3, -0.25) is 4.90 Å². The summed E-state index contributed by atoms with van der Waals surface area (Å²) in [7, 11) is 1.63. The number of nitrogens with zero attached hydrogens (tertiary/aromatic N) is 3. The number of thiophene rings is 1. The molecule has 0 bridgehead atoms. The molecule has 2 aromatic carbocycles. The first-order valence-electron chi connectivity index (χ1n) is 11.6. The Morgan fingerprint density at radius 2 is 2.00 bits per heavy atom. The molecule has 8 heteroatoms. The topological polar surface area (TPSA) is 80.5 Å². The van der Waals surface area contributed by atoms with E-state index in [1.54, 1.807) is 23.3 Å². The maximum atomic E-state index is 13.5. The van der Waals surface area contributed by atoms with Crippen molar-refractivity contribution in [1.29, 1.82) is 0 Å². The van der Waals surface area contributed by atoms with Crippen molar-refractivity contribution < 1.29 is 14.1 Å². The van der Waals surface area contributed by atoms with E-state index >= 15 is 0 Å². The largest absolute Gasteiger partial charge is 0.497 e. The molecule has 2 aliphatic rings. The van der Waals surface area contributed by atoms with E-state index < -0.39 is 6.04 Å². The second-order valence-corrected chi connectivity index (χ2v) is 9.65. The minimum Gasteiger partial charge on any atom is -0.497 e. The van der Waals surface area contributed by atoms with Gasteiger partial charge in [-0.05, 0) is 78.6 Å². The van der Waals surface area contributed by atoms with Crippen LogP contribution < -0.4 is 15.0 Å². The number of hydrogen-bond donors (Lipinski definition) is 1. The lowest BCUT2D eigenvalue weighted by molar-refractivity contribution is 0.244. The molecule has 1 atom stereocenters. The van der Waals surface area contributed by atoms with Crippen LogP contribution in [-0.4, -0.2) is 23.3 Å². The molecule has 1 unspecified atom stereocenters. The van der Waals surface area contributed by atoms with Crippen LogP contribution in [0.4, 0.5) is 10.5 Å². The number of amides is 2. The maximum absolute atomic E-state index is 13.5. The van der Waals surface area contributed by atoms with Crippen LogP contribution in [-0.2, 0) is 12.8 Å². The lowest BCUT2D eigenvalue weighted by Gasteiger charge is -2.35. The van der Waals surface area contributed by atoms with Crippen LogP contribution in [0.15, 0.2) is 70.2 Å². The highest BCUT2D eigenvalue weighted by molar-refractivity contribution is 7.13. The van der Waals surface area contributed by atoms with Gasteiger partial charge in [-0.25, -0.2) is 4.79 Å². The molecule has 35 heavy (non-hydrogen) atoms. The second kappa shape index (κ2) is 8.70. The van der Waals surface area contributed by atoms with E-state index in [-0.39, 0.29) is 6.03 Å². The molecule has 0 saturated heterocycles. The number of rotatable bonds is 5. The SMILES string of the molecule is COc1cccc(C2NC(=O)N(c3ccc4c(c3)CCC4)C(C)=C2c2nc(-c3cccs3)no2)c1. The van der Waals surface area contributed by atoms with E-state index in [1.165, 1.54) is 11.1 Å². The summed E-state index contributed by atoms with van der Waals surface area (Å²) in [5, 5.41) is 9.38. The standard InChI is InChI=1S/C27H24N4O3S/c1-16-23(26-29-25(30-34-26)22-10-5-13-35-22)24(19-8-4-9-21(15-19)33-2)28-27(32)31(16)20-12-11-17-6-3-7-18(17)14-20/h4-5,8-15,24H,3,6-7H2,1-2H3,(H,28,32). The van der Waals surface area contributed by atoms with Crippen molar-refractivity contribution in [1.82, 2.24) is 15.5 Å². The first-order valence-corrected chi connectivity index (χ1v) is 12.5. The Labute approximate surface area is 207 Å². The van der Waals surface area contributed by atoms with Crippen molar-refractivity contribution in [3.63, 3.8) is 0 Å². The Hall–Kier alpha value is -3.91. The van der Waals surface area contributed by atoms with Crippen molar-refractivity contribution in [2.24, 2.45) is 0 Å². The molecular formula is C27H24N4O3S. The predicted octanol–water partition coefficient (Wildman–Crippen LogP) is 6.00. The smallest absolute Gasteiger partial charge is 0.326 e. The highest BCUT2D eigenvalue weighted by Gasteiger charge is 2.37. The van der Waals surface area contributed by atoms with Crippen LogP contribution in [0.1, 0.15) is 42.0 Å². The number of carbonyl (C=O) groups is 1. The maximum Gasteiger partial charge on any atom is 0.326 e. The number of ether oxygens (including phenoxy) is 1. The number of aromatic nitrogens is 2. The average molecular weight is 485 g/mol. The minimum absolute atomic E-state index is 0.199. The number of benzene rings is 2. The lowest BCUT2D eigenvalue weighted by Crippen LogP contribution is -2.46. The Kier molecular flexibility index (Phi) is 5.37.